The third-order valence-electron chi connectivity index (χ3n) is 1.12. The molecule has 0 aliphatic rings. The Morgan fingerprint density at radius 3 is 2.55 bits per heavy atom. The third-order valence-corrected chi connectivity index (χ3v) is 1.12. The van der Waals surface area contributed by atoms with Crippen molar-refractivity contribution in [3.8, 4) is 0 Å². The average molecular weight is 162 g/mol. The Labute approximate surface area is 60.9 Å². The Hall–Kier alpha value is -1.26. The van der Waals surface area contributed by atoms with Crippen LogP contribution < -0.4 is 5.73 Å². The van der Waals surface area contributed by atoms with E-state index in [4.69, 9.17) is 5.73 Å². The molecule has 60 valence electrons. The van der Waals surface area contributed by atoms with Crippen LogP contribution in [0.25, 0.3) is 0 Å². The van der Waals surface area contributed by atoms with E-state index in [-0.39, 0.29) is 5.69 Å². The third kappa shape index (κ3) is 1.60. The summed E-state index contributed by atoms with van der Waals surface area (Å²) in [7, 11) is 0. The summed E-state index contributed by atoms with van der Waals surface area (Å²) in [6.45, 7) is 0. The molecule has 0 aliphatic carbocycles. The Morgan fingerprint density at radius 1 is 1.45 bits per heavy atom. The van der Waals surface area contributed by atoms with Crippen molar-refractivity contribution in [2.24, 2.45) is 0 Å². The first-order valence-corrected chi connectivity index (χ1v) is 2.80. The van der Waals surface area contributed by atoms with Crippen LogP contribution in [-0.4, -0.2) is 4.98 Å². The second-order valence-corrected chi connectivity index (χ2v) is 1.93. The minimum atomic E-state index is -2.75. The van der Waals surface area contributed by atoms with E-state index in [2.05, 4.69) is 4.98 Å². The van der Waals surface area contributed by atoms with Gasteiger partial charge in [0, 0.05) is 6.07 Å². The summed E-state index contributed by atoms with van der Waals surface area (Å²) >= 11 is 0. The number of nitrogens with zero attached hydrogens (tertiary/aromatic N) is 1. The normalized spacial score (nSPS) is 10.5. The zero-order valence-electron chi connectivity index (χ0n) is 5.39. The van der Waals surface area contributed by atoms with E-state index in [0.29, 0.717) is 6.20 Å². The fourth-order valence-corrected chi connectivity index (χ4v) is 0.648. The Kier molecular flexibility index (Phi) is 1.98. The minimum absolute atomic E-state index is 0.319. The molecule has 0 aromatic carbocycles. The SMILES string of the molecule is Nc1cc(F)cnc1C(F)F. The summed E-state index contributed by atoms with van der Waals surface area (Å²) in [5.41, 5.74) is 4.14. The van der Waals surface area contributed by atoms with Gasteiger partial charge in [-0.3, -0.25) is 4.98 Å². The van der Waals surface area contributed by atoms with Crippen LogP contribution in [0.15, 0.2) is 12.3 Å². The predicted molar refractivity (Wildman–Crippen MR) is 33.6 cm³/mol. The number of nitrogens with two attached hydrogens (primary N) is 1. The van der Waals surface area contributed by atoms with E-state index in [9.17, 15) is 13.2 Å². The van der Waals surface area contributed by atoms with Crippen molar-refractivity contribution in [1.82, 2.24) is 4.98 Å². The molecule has 0 spiro atoms. The largest absolute Gasteiger partial charge is 0.397 e. The van der Waals surface area contributed by atoms with E-state index in [1.54, 1.807) is 0 Å². The summed E-state index contributed by atoms with van der Waals surface area (Å²) in [6, 6.07) is 0.814. The van der Waals surface area contributed by atoms with Gasteiger partial charge in [-0.25, -0.2) is 13.2 Å². The first-order valence-electron chi connectivity index (χ1n) is 2.80. The lowest BCUT2D eigenvalue weighted by Gasteiger charge is -2.01. The van der Waals surface area contributed by atoms with Crippen LogP contribution in [0.4, 0.5) is 18.9 Å². The van der Waals surface area contributed by atoms with Gasteiger partial charge in [-0.1, -0.05) is 0 Å². The Bertz CT molecular complexity index is 262. The summed E-state index contributed by atoms with van der Waals surface area (Å²) in [5, 5.41) is 0. The molecule has 1 aromatic heterocycles. The molecule has 0 saturated carbocycles. The van der Waals surface area contributed by atoms with Gasteiger partial charge in [-0.05, 0) is 0 Å². The summed E-state index contributed by atoms with van der Waals surface area (Å²) in [5.74, 6) is -0.716. The first kappa shape index (κ1) is 7.84. The molecular weight excluding hydrogens is 157 g/mol. The topological polar surface area (TPSA) is 38.9 Å². The lowest BCUT2D eigenvalue weighted by atomic mass is 10.3. The molecule has 0 aliphatic heterocycles. The van der Waals surface area contributed by atoms with Gasteiger partial charge >= 0.3 is 0 Å². The maximum Gasteiger partial charge on any atom is 0.282 e. The van der Waals surface area contributed by atoms with Gasteiger partial charge in [-0.15, -0.1) is 0 Å². The number of anilines is 1. The van der Waals surface area contributed by atoms with E-state index in [1.807, 2.05) is 0 Å². The fourth-order valence-electron chi connectivity index (χ4n) is 0.648. The van der Waals surface area contributed by atoms with Crippen molar-refractivity contribution >= 4 is 5.69 Å². The zero-order valence-corrected chi connectivity index (χ0v) is 5.39. The molecule has 0 amide bonds. The number of rotatable bonds is 1. The zero-order chi connectivity index (χ0) is 8.43. The lowest BCUT2D eigenvalue weighted by Crippen LogP contribution is -1.98. The number of aromatic nitrogens is 1. The average Bonchev–Trinajstić information content (AvgIpc) is 1.85. The van der Waals surface area contributed by atoms with Crippen LogP contribution in [0.3, 0.4) is 0 Å². The smallest absolute Gasteiger partial charge is 0.282 e. The van der Waals surface area contributed by atoms with E-state index >= 15 is 0 Å². The van der Waals surface area contributed by atoms with Crippen LogP contribution in [0.1, 0.15) is 12.1 Å². The first-order chi connectivity index (χ1) is 5.11. The van der Waals surface area contributed by atoms with Crippen molar-refractivity contribution in [1.29, 1.82) is 0 Å². The van der Waals surface area contributed by atoms with Crippen molar-refractivity contribution in [2.45, 2.75) is 6.43 Å². The summed E-state index contributed by atoms with van der Waals surface area (Å²) in [4.78, 5) is 3.13. The Morgan fingerprint density at radius 2 is 2.09 bits per heavy atom. The molecule has 0 bridgehead atoms. The number of alkyl halides is 2. The molecule has 0 saturated heterocycles. The highest BCUT2D eigenvalue weighted by molar-refractivity contribution is 5.42. The summed E-state index contributed by atoms with van der Waals surface area (Å²) in [6.07, 6.45) is -2.05. The molecule has 0 fully saturated rings. The van der Waals surface area contributed by atoms with Crippen LogP contribution in [-0.2, 0) is 0 Å². The molecule has 0 radical (unpaired) electrons. The number of pyridine rings is 1. The number of hydrogen-bond acceptors (Lipinski definition) is 2. The van der Waals surface area contributed by atoms with Crippen LogP contribution >= 0.6 is 0 Å². The molecule has 0 atom stereocenters. The van der Waals surface area contributed by atoms with Crippen LogP contribution in [0.5, 0.6) is 0 Å². The molecule has 0 unspecified atom stereocenters. The Balaban J connectivity index is 3.09. The molecule has 1 rings (SSSR count). The van der Waals surface area contributed by atoms with Gasteiger partial charge in [0.1, 0.15) is 11.5 Å². The van der Waals surface area contributed by atoms with Crippen molar-refractivity contribution < 1.29 is 13.2 Å². The van der Waals surface area contributed by atoms with Gasteiger partial charge in [-0.2, -0.15) is 0 Å². The van der Waals surface area contributed by atoms with Crippen LogP contribution in [0, 0.1) is 5.82 Å². The van der Waals surface area contributed by atoms with E-state index in [1.165, 1.54) is 0 Å². The highest BCUT2D eigenvalue weighted by atomic mass is 19.3. The van der Waals surface area contributed by atoms with Crippen molar-refractivity contribution in [3.05, 3.63) is 23.8 Å². The van der Waals surface area contributed by atoms with Crippen LogP contribution in [0.2, 0.25) is 0 Å². The van der Waals surface area contributed by atoms with E-state index < -0.39 is 17.9 Å². The van der Waals surface area contributed by atoms with Gasteiger partial charge < -0.3 is 5.73 Å². The van der Waals surface area contributed by atoms with Gasteiger partial charge in [0.15, 0.2) is 0 Å². The van der Waals surface area contributed by atoms with E-state index in [0.717, 1.165) is 6.07 Å². The molecule has 2 nitrogen and oxygen atoms in total. The maximum atomic E-state index is 12.2. The number of hydrogen-bond donors (Lipinski definition) is 1. The second kappa shape index (κ2) is 2.77. The molecule has 5 heteroatoms. The maximum absolute atomic E-state index is 12.2. The lowest BCUT2D eigenvalue weighted by molar-refractivity contribution is 0.147. The molecule has 2 N–H and O–H groups in total. The molecular formula is C6H5F3N2. The summed E-state index contributed by atoms with van der Waals surface area (Å²) < 4.78 is 36.0. The highest BCUT2D eigenvalue weighted by Crippen LogP contribution is 2.22. The standard InChI is InChI=1S/C6H5F3N2/c7-3-1-4(10)5(6(8)9)11-2-3/h1-2,6H,10H2. The number of halogens is 3. The fraction of sp³-hybridized carbons (Fsp3) is 0.167. The minimum Gasteiger partial charge on any atom is -0.397 e. The van der Waals surface area contributed by atoms with Gasteiger partial charge in [0.2, 0.25) is 0 Å². The molecule has 1 heterocycles. The number of nitrogen functional groups attached to an aromatic ring is 1. The highest BCUT2D eigenvalue weighted by Gasteiger charge is 2.12. The monoisotopic (exact) mass is 162 g/mol. The quantitative estimate of drug-likeness (QED) is 0.683. The second-order valence-electron chi connectivity index (χ2n) is 1.93. The predicted octanol–water partition coefficient (Wildman–Crippen LogP) is 1.74. The molecule has 1 aromatic rings. The van der Waals surface area contributed by atoms with Gasteiger partial charge in [0.25, 0.3) is 6.43 Å². The van der Waals surface area contributed by atoms with Gasteiger partial charge in [0.05, 0.1) is 11.9 Å². The van der Waals surface area contributed by atoms with Crippen molar-refractivity contribution in [3.63, 3.8) is 0 Å². The molecule has 11 heavy (non-hydrogen) atoms. The van der Waals surface area contributed by atoms with Crippen molar-refractivity contribution in [2.75, 3.05) is 5.73 Å².